The summed E-state index contributed by atoms with van der Waals surface area (Å²) in [6.45, 7) is 2.21. The Balaban J connectivity index is 3.04. The van der Waals surface area contributed by atoms with Crippen LogP contribution in [0, 0.1) is 0 Å². The molecular formula is C8H14BrCl. The number of allylic oxidation sites excluding steroid dienone is 1. The fourth-order valence-corrected chi connectivity index (χ4v) is 1.16. The van der Waals surface area contributed by atoms with Gasteiger partial charge in [0.15, 0.2) is 0 Å². The van der Waals surface area contributed by atoms with Crippen LogP contribution >= 0.6 is 27.5 Å². The first-order valence-corrected chi connectivity index (χ1v) is 4.99. The van der Waals surface area contributed by atoms with Gasteiger partial charge in [0, 0.05) is 10.0 Å². The van der Waals surface area contributed by atoms with Crippen molar-refractivity contribution in [3.05, 3.63) is 10.0 Å². The Labute approximate surface area is 76.8 Å². The third-order valence-corrected chi connectivity index (χ3v) is 2.54. The second kappa shape index (κ2) is 7.62. The molecule has 0 aliphatic carbocycles. The highest BCUT2D eigenvalue weighted by atomic mass is 79.9. The summed E-state index contributed by atoms with van der Waals surface area (Å²) in [6, 6.07) is 0. The van der Waals surface area contributed by atoms with Gasteiger partial charge in [-0.2, -0.15) is 0 Å². The van der Waals surface area contributed by atoms with Crippen LogP contribution in [0.15, 0.2) is 10.0 Å². The minimum Gasteiger partial charge on any atom is -0.0921 e. The number of hydrogen-bond acceptors (Lipinski definition) is 0. The summed E-state index contributed by atoms with van der Waals surface area (Å²) in [5.41, 5.74) is 1.60. The zero-order chi connectivity index (χ0) is 7.82. The van der Waals surface area contributed by atoms with E-state index in [0.29, 0.717) is 0 Å². The van der Waals surface area contributed by atoms with Gasteiger partial charge in [-0.25, -0.2) is 0 Å². The van der Waals surface area contributed by atoms with Gasteiger partial charge in [0.2, 0.25) is 0 Å². The summed E-state index contributed by atoms with van der Waals surface area (Å²) in [6.07, 6.45) is 6.28. The van der Waals surface area contributed by atoms with Crippen molar-refractivity contribution >= 4 is 27.5 Å². The molecule has 0 nitrogen and oxygen atoms in total. The molecule has 0 unspecified atom stereocenters. The number of hydrogen-bond donors (Lipinski definition) is 0. The lowest BCUT2D eigenvalue weighted by Crippen LogP contribution is -1.75. The van der Waals surface area contributed by atoms with Crippen molar-refractivity contribution in [2.45, 2.75) is 39.0 Å². The van der Waals surface area contributed by atoms with Gasteiger partial charge in [0.05, 0.1) is 0 Å². The zero-order valence-electron chi connectivity index (χ0n) is 6.37. The van der Waals surface area contributed by atoms with Crippen molar-refractivity contribution in [3.8, 4) is 0 Å². The Bertz CT molecular complexity index is 99.4. The predicted molar refractivity (Wildman–Crippen MR) is 51.6 cm³/mol. The van der Waals surface area contributed by atoms with Crippen LogP contribution < -0.4 is 0 Å². The van der Waals surface area contributed by atoms with E-state index in [0.717, 1.165) is 10.9 Å². The summed E-state index contributed by atoms with van der Waals surface area (Å²) >= 11 is 8.81. The van der Waals surface area contributed by atoms with Crippen LogP contribution in [0.5, 0.6) is 0 Å². The molecule has 0 aromatic carbocycles. The first-order valence-electron chi connectivity index (χ1n) is 3.76. The quantitative estimate of drug-likeness (QED) is 0.607. The number of halogens is 2. The molecule has 10 heavy (non-hydrogen) atoms. The maximum Gasteiger partial charge on any atom is 0.0144 e. The molecule has 0 aromatic rings. The van der Waals surface area contributed by atoms with Gasteiger partial charge in [-0.1, -0.05) is 53.7 Å². The third kappa shape index (κ3) is 6.63. The molecule has 60 valence electrons. The molecule has 0 fully saturated rings. The van der Waals surface area contributed by atoms with Gasteiger partial charge in [0.25, 0.3) is 0 Å². The average molecular weight is 226 g/mol. The lowest BCUT2D eigenvalue weighted by Gasteiger charge is -1.96. The van der Waals surface area contributed by atoms with E-state index in [1.807, 2.05) is 0 Å². The molecule has 0 N–H and O–H groups in total. The van der Waals surface area contributed by atoms with Crippen LogP contribution in [0.4, 0.5) is 0 Å². The Kier molecular flexibility index (Phi) is 8.00. The molecule has 0 spiro atoms. The maximum atomic E-state index is 5.46. The van der Waals surface area contributed by atoms with Crippen molar-refractivity contribution in [3.63, 3.8) is 0 Å². The molecule has 0 aliphatic heterocycles. The first-order chi connectivity index (χ1) is 4.81. The van der Waals surface area contributed by atoms with E-state index in [1.165, 1.54) is 25.7 Å². The molecule has 0 saturated heterocycles. The molecule has 0 rings (SSSR count). The molecule has 0 saturated carbocycles. The summed E-state index contributed by atoms with van der Waals surface area (Å²) in [7, 11) is 0. The van der Waals surface area contributed by atoms with E-state index in [4.69, 9.17) is 11.6 Å². The highest BCUT2D eigenvalue weighted by molar-refractivity contribution is 9.11. The largest absolute Gasteiger partial charge is 0.0921 e. The third-order valence-electron chi connectivity index (χ3n) is 1.39. The Morgan fingerprint density at radius 1 is 1.40 bits per heavy atom. The molecule has 0 aromatic heterocycles. The van der Waals surface area contributed by atoms with Crippen LogP contribution in [0.1, 0.15) is 39.0 Å². The van der Waals surface area contributed by atoms with Crippen molar-refractivity contribution in [1.82, 2.24) is 0 Å². The fourth-order valence-electron chi connectivity index (χ4n) is 0.775. The van der Waals surface area contributed by atoms with Gasteiger partial charge in [-0.05, 0) is 12.8 Å². The van der Waals surface area contributed by atoms with E-state index >= 15 is 0 Å². The SMILES string of the molecule is CCCCCC/C(Br)=C/Cl. The Morgan fingerprint density at radius 2 is 2.10 bits per heavy atom. The highest BCUT2D eigenvalue weighted by Gasteiger charge is 1.90. The topological polar surface area (TPSA) is 0 Å². The summed E-state index contributed by atoms with van der Waals surface area (Å²) in [4.78, 5) is 0. The van der Waals surface area contributed by atoms with Crippen LogP contribution in [0.25, 0.3) is 0 Å². The standard InChI is InChI=1S/C8H14BrCl/c1-2-3-4-5-6-8(9)7-10/h7H,2-6H2,1H3/b8-7-. The average Bonchev–Trinajstić information content (AvgIpc) is 1.98. The summed E-state index contributed by atoms with van der Waals surface area (Å²) in [5.74, 6) is 0. The van der Waals surface area contributed by atoms with Crippen LogP contribution in [-0.4, -0.2) is 0 Å². The Hall–Kier alpha value is 0.510. The molecule has 0 radical (unpaired) electrons. The van der Waals surface area contributed by atoms with E-state index in [1.54, 1.807) is 5.54 Å². The van der Waals surface area contributed by atoms with Gasteiger partial charge in [0.1, 0.15) is 0 Å². The molecule has 0 atom stereocenters. The van der Waals surface area contributed by atoms with Crippen LogP contribution in [0.3, 0.4) is 0 Å². The monoisotopic (exact) mass is 224 g/mol. The molecular weight excluding hydrogens is 211 g/mol. The maximum absolute atomic E-state index is 5.46. The van der Waals surface area contributed by atoms with Crippen molar-refractivity contribution in [2.24, 2.45) is 0 Å². The first kappa shape index (κ1) is 10.5. The summed E-state index contributed by atoms with van der Waals surface area (Å²) < 4.78 is 1.12. The van der Waals surface area contributed by atoms with Gasteiger partial charge in [-0.3, -0.25) is 0 Å². The predicted octanol–water partition coefficient (Wildman–Crippen LogP) is 4.43. The van der Waals surface area contributed by atoms with Crippen LogP contribution in [0.2, 0.25) is 0 Å². The molecule has 2 heteroatoms. The minimum atomic E-state index is 1.09. The van der Waals surface area contributed by atoms with Gasteiger partial charge >= 0.3 is 0 Å². The normalized spacial score (nSPS) is 12.1. The second-order valence-electron chi connectivity index (χ2n) is 2.37. The molecule has 0 bridgehead atoms. The molecule has 0 heterocycles. The van der Waals surface area contributed by atoms with Crippen LogP contribution in [-0.2, 0) is 0 Å². The van der Waals surface area contributed by atoms with Crippen molar-refractivity contribution < 1.29 is 0 Å². The van der Waals surface area contributed by atoms with E-state index < -0.39 is 0 Å². The van der Waals surface area contributed by atoms with E-state index in [-0.39, 0.29) is 0 Å². The summed E-state index contributed by atoms with van der Waals surface area (Å²) in [5, 5.41) is 0. The van der Waals surface area contributed by atoms with Crippen molar-refractivity contribution in [2.75, 3.05) is 0 Å². The van der Waals surface area contributed by atoms with Crippen molar-refractivity contribution in [1.29, 1.82) is 0 Å². The highest BCUT2D eigenvalue weighted by Crippen LogP contribution is 2.16. The number of unbranched alkanes of at least 4 members (excludes halogenated alkanes) is 3. The lowest BCUT2D eigenvalue weighted by molar-refractivity contribution is 0.673. The van der Waals surface area contributed by atoms with E-state index in [9.17, 15) is 0 Å². The lowest BCUT2D eigenvalue weighted by atomic mass is 10.2. The smallest absolute Gasteiger partial charge is 0.0144 e. The molecule has 0 aliphatic rings. The fraction of sp³-hybridized carbons (Fsp3) is 0.750. The minimum absolute atomic E-state index is 1.09. The van der Waals surface area contributed by atoms with Gasteiger partial charge in [-0.15, -0.1) is 0 Å². The number of rotatable bonds is 5. The van der Waals surface area contributed by atoms with E-state index in [2.05, 4.69) is 22.9 Å². The van der Waals surface area contributed by atoms with Gasteiger partial charge < -0.3 is 0 Å². The molecule has 0 amide bonds. The zero-order valence-corrected chi connectivity index (χ0v) is 8.71. The second-order valence-corrected chi connectivity index (χ2v) is 3.60. The Morgan fingerprint density at radius 3 is 2.60 bits per heavy atom.